The molecule has 6 nitrogen and oxygen atoms in total. The zero-order valence-corrected chi connectivity index (χ0v) is 5.44. The summed E-state index contributed by atoms with van der Waals surface area (Å²) in [6, 6.07) is 0. The average molecular weight is 179 g/mol. The standard InChI is InChI=1S/C4H3F2N3O3/c5-4(6)2(8-11)1(7-10)3(4)9-12/h10-12H/b7-1?,8-2-,9-3+. The first-order valence-corrected chi connectivity index (χ1v) is 2.65. The molecular weight excluding hydrogens is 176 g/mol. The molecule has 0 radical (unpaired) electrons. The lowest BCUT2D eigenvalue weighted by atomic mass is 9.86. The number of halogens is 2. The molecule has 66 valence electrons. The molecule has 12 heavy (non-hydrogen) atoms. The van der Waals surface area contributed by atoms with Gasteiger partial charge in [-0.2, -0.15) is 8.78 Å². The number of rotatable bonds is 0. The highest BCUT2D eigenvalue weighted by Gasteiger charge is 2.60. The maximum Gasteiger partial charge on any atom is 0.342 e. The van der Waals surface area contributed by atoms with Gasteiger partial charge < -0.3 is 15.6 Å². The van der Waals surface area contributed by atoms with Gasteiger partial charge in [-0.1, -0.05) is 15.5 Å². The first-order valence-electron chi connectivity index (χ1n) is 2.65. The normalized spacial score (nSPS) is 31.0. The minimum Gasteiger partial charge on any atom is -0.410 e. The van der Waals surface area contributed by atoms with Gasteiger partial charge in [-0.15, -0.1) is 0 Å². The monoisotopic (exact) mass is 179 g/mol. The lowest BCUT2D eigenvalue weighted by molar-refractivity contribution is 0.141. The molecule has 0 aliphatic heterocycles. The number of nitrogens with zero attached hydrogens (tertiary/aromatic N) is 3. The molecule has 8 heteroatoms. The van der Waals surface area contributed by atoms with Crippen molar-refractivity contribution in [3.05, 3.63) is 0 Å². The summed E-state index contributed by atoms with van der Waals surface area (Å²) in [6.45, 7) is 0. The van der Waals surface area contributed by atoms with E-state index in [2.05, 4.69) is 15.5 Å². The van der Waals surface area contributed by atoms with Gasteiger partial charge in [-0.05, 0) is 0 Å². The van der Waals surface area contributed by atoms with E-state index >= 15 is 0 Å². The van der Waals surface area contributed by atoms with Crippen molar-refractivity contribution in [1.82, 2.24) is 0 Å². The highest BCUT2D eigenvalue weighted by atomic mass is 19.3. The molecule has 0 saturated heterocycles. The van der Waals surface area contributed by atoms with E-state index in [4.69, 9.17) is 15.6 Å². The molecule has 3 N–H and O–H groups in total. The predicted octanol–water partition coefficient (Wildman–Crippen LogP) is 0.126. The van der Waals surface area contributed by atoms with E-state index in [1.807, 2.05) is 0 Å². The Bertz CT molecular complexity index is 272. The third-order valence-corrected chi connectivity index (χ3v) is 1.34. The Morgan fingerprint density at radius 2 is 1.33 bits per heavy atom. The zero-order chi connectivity index (χ0) is 9.35. The van der Waals surface area contributed by atoms with Crippen LogP contribution in [0.2, 0.25) is 0 Å². The van der Waals surface area contributed by atoms with E-state index in [0.717, 1.165) is 0 Å². The highest BCUT2D eigenvalue weighted by Crippen LogP contribution is 2.30. The highest BCUT2D eigenvalue weighted by molar-refractivity contribution is 6.83. The van der Waals surface area contributed by atoms with Gasteiger partial charge in [0.05, 0.1) is 0 Å². The Kier molecular flexibility index (Phi) is 1.67. The molecule has 0 aromatic carbocycles. The Morgan fingerprint density at radius 3 is 1.58 bits per heavy atom. The van der Waals surface area contributed by atoms with Gasteiger partial charge in [0.15, 0.2) is 17.1 Å². The molecule has 1 saturated carbocycles. The maximum absolute atomic E-state index is 12.5. The first-order chi connectivity index (χ1) is 5.59. The van der Waals surface area contributed by atoms with Crippen LogP contribution in [0.25, 0.3) is 0 Å². The largest absolute Gasteiger partial charge is 0.410 e. The zero-order valence-electron chi connectivity index (χ0n) is 5.44. The van der Waals surface area contributed by atoms with Crippen molar-refractivity contribution in [2.45, 2.75) is 5.92 Å². The van der Waals surface area contributed by atoms with Gasteiger partial charge >= 0.3 is 5.92 Å². The second-order valence-corrected chi connectivity index (χ2v) is 1.92. The maximum atomic E-state index is 12.5. The summed E-state index contributed by atoms with van der Waals surface area (Å²) in [7, 11) is 0. The number of oxime groups is 3. The summed E-state index contributed by atoms with van der Waals surface area (Å²) in [6.07, 6.45) is 0. The average Bonchev–Trinajstić information content (AvgIpc) is 2.01. The van der Waals surface area contributed by atoms with Crippen LogP contribution in [0.15, 0.2) is 15.5 Å². The third kappa shape index (κ3) is 0.742. The second-order valence-electron chi connectivity index (χ2n) is 1.92. The van der Waals surface area contributed by atoms with E-state index < -0.39 is 23.1 Å². The molecule has 1 aliphatic carbocycles. The molecule has 0 spiro atoms. The first kappa shape index (κ1) is 8.37. The summed E-state index contributed by atoms with van der Waals surface area (Å²) < 4.78 is 25.1. The quantitative estimate of drug-likeness (QED) is 0.364. The molecule has 0 bridgehead atoms. The number of hydrogen-bond acceptors (Lipinski definition) is 6. The minimum absolute atomic E-state index is 0.731. The molecule has 0 aromatic rings. The molecule has 0 atom stereocenters. The van der Waals surface area contributed by atoms with Crippen LogP contribution in [0.1, 0.15) is 0 Å². The molecule has 0 amide bonds. The van der Waals surface area contributed by atoms with Crippen LogP contribution in [-0.2, 0) is 0 Å². The number of hydrogen-bond donors (Lipinski definition) is 3. The molecule has 1 aliphatic rings. The van der Waals surface area contributed by atoms with Crippen molar-refractivity contribution in [3.8, 4) is 0 Å². The van der Waals surface area contributed by atoms with Crippen LogP contribution in [-0.4, -0.2) is 38.7 Å². The van der Waals surface area contributed by atoms with Crippen molar-refractivity contribution < 1.29 is 24.4 Å². The van der Waals surface area contributed by atoms with Crippen LogP contribution in [0.4, 0.5) is 8.78 Å². The van der Waals surface area contributed by atoms with Gasteiger partial charge in [0, 0.05) is 0 Å². The lowest BCUT2D eigenvalue weighted by Crippen LogP contribution is -2.60. The minimum atomic E-state index is -3.66. The van der Waals surface area contributed by atoms with Crippen LogP contribution in [0, 0.1) is 0 Å². The Balaban J connectivity index is 3.14. The SMILES string of the molecule is ON=C1/C(=N/O)C(F)(F)/C1=N/O. The van der Waals surface area contributed by atoms with E-state index in [9.17, 15) is 8.78 Å². The summed E-state index contributed by atoms with van der Waals surface area (Å²) in [5, 5.41) is 30.8. The van der Waals surface area contributed by atoms with Gasteiger partial charge in [0.25, 0.3) is 0 Å². The summed E-state index contributed by atoms with van der Waals surface area (Å²) in [5.74, 6) is -3.66. The van der Waals surface area contributed by atoms with Gasteiger partial charge in [0.2, 0.25) is 0 Å². The van der Waals surface area contributed by atoms with Crippen LogP contribution in [0.5, 0.6) is 0 Å². The fraction of sp³-hybridized carbons (Fsp3) is 0.250. The molecular formula is C4H3F2N3O3. The molecule has 0 aromatic heterocycles. The lowest BCUT2D eigenvalue weighted by Gasteiger charge is -2.27. The van der Waals surface area contributed by atoms with Crippen molar-refractivity contribution >= 4 is 17.1 Å². The Labute approximate surface area is 64.1 Å². The molecule has 1 fully saturated rings. The van der Waals surface area contributed by atoms with E-state index in [1.165, 1.54) is 0 Å². The van der Waals surface area contributed by atoms with Crippen LogP contribution >= 0.6 is 0 Å². The van der Waals surface area contributed by atoms with E-state index in [0.29, 0.717) is 0 Å². The fourth-order valence-corrected chi connectivity index (χ4v) is 0.774. The summed E-state index contributed by atoms with van der Waals surface area (Å²) >= 11 is 0. The smallest absolute Gasteiger partial charge is 0.342 e. The van der Waals surface area contributed by atoms with Crippen LogP contribution in [0.3, 0.4) is 0 Å². The van der Waals surface area contributed by atoms with Crippen molar-refractivity contribution in [1.29, 1.82) is 0 Å². The summed E-state index contributed by atoms with van der Waals surface area (Å²) in [5.41, 5.74) is -2.99. The van der Waals surface area contributed by atoms with Crippen molar-refractivity contribution in [2.75, 3.05) is 0 Å². The molecule has 0 unspecified atom stereocenters. The van der Waals surface area contributed by atoms with Crippen molar-refractivity contribution in [3.63, 3.8) is 0 Å². The Hall–Kier alpha value is -1.73. The molecule has 0 heterocycles. The topological polar surface area (TPSA) is 97.8 Å². The second kappa shape index (κ2) is 2.40. The van der Waals surface area contributed by atoms with Crippen molar-refractivity contribution in [2.24, 2.45) is 15.5 Å². The number of alkyl halides is 2. The third-order valence-electron chi connectivity index (χ3n) is 1.34. The van der Waals surface area contributed by atoms with E-state index in [-0.39, 0.29) is 0 Å². The summed E-state index contributed by atoms with van der Waals surface area (Å²) in [4.78, 5) is 0. The van der Waals surface area contributed by atoms with Gasteiger partial charge in [-0.3, -0.25) is 0 Å². The van der Waals surface area contributed by atoms with Crippen LogP contribution < -0.4 is 0 Å². The van der Waals surface area contributed by atoms with E-state index in [1.54, 1.807) is 0 Å². The molecule has 1 rings (SSSR count). The van der Waals surface area contributed by atoms with Gasteiger partial charge in [0.1, 0.15) is 0 Å². The predicted molar refractivity (Wildman–Crippen MR) is 32.6 cm³/mol. The Morgan fingerprint density at radius 1 is 0.917 bits per heavy atom. The van der Waals surface area contributed by atoms with Gasteiger partial charge in [-0.25, -0.2) is 0 Å². The fourth-order valence-electron chi connectivity index (χ4n) is 0.774.